The highest BCUT2D eigenvalue weighted by molar-refractivity contribution is 5.67. The normalized spacial score (nSPS) is 29.6. The highest BCUT2D eigenvalue weighted by atomic mass is 16.7. The Kier molecular flexibility index (Phi) is 4.70. The zero-order valence-electron chi connectivity index (χ0n) is 9.60. The lowest BCUT2D eigenvalue weighted by Gasteiger charge is -2.33. The largest absolute Gasteiger partial charge is 0.458 e. The number of ether oxygens (including phenoxy) is 4. The number of carbonyl (C=O) groups excluding carboxylic acids is 2. The lowest BCUT2D eigenvalue weighted by Crippen LogP contribution is -2.46. The number of methoxy groups -OCH3 is 1. The average molecular weight is 232 g/mol. The third-order valence-electron chi connectivity index (χ3n) is 2.18. The van der Waals surface area contributed by atoms with Crippen LogP contribution in [0.2, 0.25) is 0 Å². The van der Waals surface area contributed by atoms with Gasteiger partial charge < -0.3 is 18.9 Å². The maximum atomic E-state index is 10.9. The van der Waals surface area contributed by atoms with Gasteiger partial charge in [-0.1, -0.05) is 0 Å². The van der Waals surface area contributed by atoms with Gasteiger partial charge in [-0.05, 0) is 0 Å². The molecule has 0 unspecified atom stereocenters. The Balaban J connectivity index is 2.59. The van der Waals surface area contributed by atoms with Crippen LogP contribution in [0.15, 0.2) is 0 Å². The zero-order chi connectivity index (χ0) is 12.1. The van der Waals surface area contributed by atoms with Crippen molar-refractivity contribution in [3.8, 4) is 0 Å². The minimum atomic E-state index is -0.562. The summed E-state index contributed by atoms with van der Waals surface area (Å²) in [5.41, 5.74) is 0. The molecule has 1 rings (SSSR count). The minimum Gasteiger partial charge on any atom is -0.458 e. The molecule has 6 heteroatoms. The number of hydrogen-bond acceptors (Lipinski definition) is 6. The Morgan fingerprint density at radius 3 is 2.19 bits per heavy atom. The van der Waals surface area contributed by atoms with E-state index >= 15 is 0 Å². The first kappa shape index (κ1) is 12.9. The van der Waals surface area contributed by atoms with Crippen LogP contribution in [0.3, 0.4) is 0 Å². The molecule has 1 aliphatic heterocycles. The van der Waals surface area contributed by atoms with Crippen molar-refractivity contribution in [1.29, 1.82) is 0 Å². The quantitative estimate of drug-likeness (QED) is 0.649. The molecule has 0 aromatic heterocycles. The topological polar surface area (TPSA) is 71.1 Å². The number of esters is 2. The van der Waals surface area contributed by atoms with Crippen molar-refractivity contribution < 1.29 is 28.5 Å². The van der Waals surface area contributed by atoms with Crippen LogP contribution in [-0.4, -0.2) is 44.2 Å². The maximum Gasteiger partial charge on any atom is 0.303 e. The molecule has 0 bridgehead atoms. The van der Waals surface area contributed by atoms with Gasteiger partial charge in [0.05, 0.1) is 6.61 Å². The number of carbonyl (C=O) groups is 2. The first-order valence-electron chi connectivity index (χ1n) is 5.01. The van der Waals surface area contributed by atoms with E-state index in [9.17, 15) is 9.59 Å². The second kappa shape index (κ2) is 5.81. The van der Waals surface area contributed by atoms with Crippen LogP contribution in [0.25, 0.3) is 0 Å². The van der Waals surface area contributed by atoms with Crippen LogP contribution >= 0.6 is 0 Å². The molecule has 0 aromatic carbocycles. The van der Waals surface area contributed by atoms with Gasteiger partial charge in [-0.2, -0.15) is 0 Å². The Morgan fingerprint density at radius 2 is 1.69 bits per heavy atom. The predicted octanol–water partition coefficient (Wildman–Crippen LogP) is 0.243. The summed E-state index contributed by atoms with van der Waals surface area (Å²) in [6.07, 6.45) is -1.15. The first-order valence-corrected chi connectivity index (χ1v) is 5.01. The summed E-state index contributed by atoms with van der Waals surface area (Å²) in [6.45, 7) is 2.77. The van der Waals surface area contributed by atoms with Gasteiger partial charge in [-0.3, -0.25) is 9.59 Å². The molecule has 16 heavy (non-hydrogen) atoms. The Morgan fingerprint density at radius 1 is 1.12 bits per heavy atom. The van der Waals surface area contributed by atoms with E-state index in [-0.39, 0.29) is 6.61 Å². The van der Waals surface area contributed by atoms with Crippen molar-refractivity contribution in [2.75, 3.05) is 13.7 Å². The van der Waals surface area contributed by atoms with Crippen LogP contribution in [-0.2, 0) is 28.5 Å². The second-order valence-corrected chi connectivity index (χ2v) is 3.53. The highest BCUT2D eigenvalue weighted by Crippen LogP contribution is 2.20. The van der Waals surface area contributed by atoms with Gasteiger partial charge in [0.25, 0.3) is 0 Å². The molecule has 0 saturated carbocycles. The van der Waals surface area contributed by atoms with Crippen LogP contribution < -0.4 is 0 Å². The Hall–Kier alpha value is -1.14. The fourth-order valence-corrected chi connectivity index (χ4v) is 1.54. The van der Waals surface area contributed by atoms with Gasteiger partial charge in [0.2, 0.25) is 0 Å². The maximum absolute atomic E-state index is 10.9. The minimum absolute atomic E-state index is 0.163. The molecule has 0 aromatic rings. The molecule has 0 spiro atoms. The molecule has 0 N–H and O–H groups in total. The van der Waals surface area contributed by atoms with E-state index in [0.717, 1.165) is 0 Å². The Bertz CT molecular complexity index is 264. The molecule has 0 amide bonds. The van der Waals surface area contributed by atoms with Crippen molar-refractivity contribution in [3.05, 3.63) is 0 Å². The third kappa shape index (κ3) is 3.79. The molecule has 0 aliphatic carbocycles. The third-order valence-corrected chi connectivity index (χ3v) is 2.18. The first-order chi connectivity index (χ1) is 7.52. The van der Waals surface area contributed by atoms with Crippen molar-refractivity contribution in [2.24, 2.45) is 0 Å². The van der Waals surface area contributed by atoms with Crippen molar-refractivity contribution >= 4 is 11.9 Å². The fourth-order valence-electron chi connectivity index (χ4n) is 1.54. The van der Waals surface area contributed by atoms with Gasteiger partial charge in [0, 0.05) is 27.4 Å². The van der Waals surface area contributed by atoms with E-state index in [1.165, 1.54) is 21.0 Å². The van der Waals surface area contributed by atoms with E-state index in [4.69, 9.17) is 18.9 Å². The highest BCUT2D eigenvalue weighted by Gasteiger charge is 2.35. The summed E-state index contributed by atoms with van der Waals surface area (Å²) < 4.78 is 20.3. The van der Waals surface area contributed by atoms with Crippen molar-refractivity contribution in [2.45, 2.75) is 38.8 Å². The van der Waals surface area contributed by atoms with Crippen LogP contribution in [0.4, 0.5) is 0 Å². The molecule has 1 saturated heterocycles. The molecule has 3 atom stereocenters. The van der Waals surface area contributed by atoms with Crippen molar-refractivity contribution in [1.82, 2.24) is 0 Å². The van der Waals surface area contributed by atoms with E-state index in [0.29, 0.717) is 6.42 Å². The zero-order valence-corrected chi connectivity index (χ0v) is 9.60. The molecular formula is C10H16O6. The van der Waals surface area contributed by atoms with Gasteiger partial charge in [0.15, 0.2) is 12.4 Å². The predicted molar refractivity (Wildman–Crippen MR) is 52.5 cm³/mol. The van der Waals surface area contributed by atoms with Gasteiger partial charge >= 0.3 is 11.9 Å². The monoisotopic (exact) mass is 232 g/mol. The summed E-state index contributed by atoms with van der Waals surface area (Å²) in [7, 11) is 1.50. The fraction of sp³-hybridized carbons (Fsp3) is 0.800. The average Bonchev–Trinajstić information content (AvgIpc) is 2.19. The molecule has 1 heterocycles. The van der Waals surface area contributed by atoms with E-state index in [2.05, 4.69) is 0 Å². The Labute approximate surface area is 93.8 Å². The molecule has 92 valence electrons. The van der Waals surface area contributed by atoms with Crippen LogP contribution in [0.5, 0.6) is 0 Å². The van der Waals surface area contributed by atoms with E-state index < -0.39 is 30.4 Å². The number of rotatable bonds is 3. The van der Waals surface area contributed by atoms with Crippen LogP contribution in [0, 0.1) is 0 Å². The summed E-state index contributed by atoms with van der Waals surface area (Å²) in [5.74, 6) is -0.847. The summed E-state index contributed by atoms with van der Waals surface area (Å²) in [4.78, 5) is 21.7. The molecule has 0 radical (unpaired) electrons. The molecule has 6 nitrogen and oxygen atoms in total. The smallest absolute Gasteiger partial charge is 0.303 e. The molecule has 1 aliphatic rings. The lowest BCUT2D eigenvalue weighted by molar-refractivity contribution is -0.224. The molecule has 1 fully saturated rings. The van der Waals surface area contributed by atoms with E-state index in [1.807, 2.05) is 0 Å². The van der Waals surface area contributed by atoms with Gasteiger partial charge in [-0.25, -0.2) is 0 Å². The number of hydrogen-bond donors (Lipinski definition) is 0. The summed E-state index contributed by atoms with van der Waals surface area (Å²) in [6, 6.07) is 0. The molecular weight excluding hydrogens is 216 g/mol. The standard InChI is InChI=1S/C10H16O6/c1-6(11)15-8-4-10(13-3)14-5-9(8)16-7(2)12/h8-10H,4-5H2,1-3H3/t8-,9-,10-/m0/s1. The summed E-state index contributed by atoms with van der Waals surface area (Å²) >= 11 is 0. The SMILES string of the molecule is CO[C@@H]1C[C@H](OC(C)=O)[C@@H](OC(C)=O)CO1. The van der Waals surface area contributed by atoms with E-state index in [1.54, 1.807) is 0 Å². The lowest BCUT2D eigenvalue weighted by atomic mass is 10.1. The van der Waals surface area contributed by atoms with Crippen LogP contribution in [0.1, 0.15) is 20.3 Å². The van der Waals surface area contributed by atoms with Crippen molar-refractivity contribution in [3.63, 3.8) is 0 Å². The second-order valence-electron chi connectivity index (χ2n) is 3.53. The van der Waals surface area contributed by atoms with Gasteiger partial charge in [-0.15, -0.1) is 0 Å². The summed E-state index contributed by atoms with van der Waals surface area (Å²) in [5, 5.41) is 0. The van der Waals surface area contributed by atoms with Gasteiger partial charge in [0.1, 0.15) is 6.10 Å².